The third-order valence-electron chi connectivity index (χ3n) is 2.92. The number of aromatic nitrogens is 3. The Morgan fingerprint density at radius 1 is 1.26 bits per heavy atom. The quantitative estimate of drug-likeness (QED) is 0.756. The SMILES string of the molecule is Cc1cc(C(N)=O)cc(-n2cnc3ccccc32)n1. The molecule has 0 aliphatic heterocycles. The van der Waals surface area contributed by atoms with E-state index < -0.39 is 5.91 Å². The van der Waals surface area contributed by atoms with E-state index >= 15 is 0 Å². The van der Waals surface area contributed by atoms with E-state index in [2.05, 4.69) is 9.97 Å². The summed E-state index contributed by atoms with van der Waals surface area (Å²) >= 11 is 0. The molecular formula is C14H12N4O. The predicted octanol–water partition coefficient (Wildman–Crippen LogP) is 1.83. The number of hydrogen-bond acceptors (Lipinski definition) is 3. The molecule has 5 nitrogen and oxygen atoms in total. The smallest absolute Gasteiger partial charge is 0.248 e. The van der Waals surface area contributed by atoms with Crippen molar-refractivity contribution >= 4 is 16.9 Å². The second-order valence-corrected chi connectivity index (χ2v) is 4.32. The maximum absolute atomic E-state index is 11.3. The van der Waals surface area contributed by atoms with Gasteiger partial charge in [-0.05, 0) is 31.2 Å². The van der Waals surface area contributed by atoms with Gasteiger partial charge < -0.3 is 5.73 Å². The summed E-state index contributed by atoms with van der Waals surface area (Å²) in [5, 5.41) is 0. The third kappa shape index (κ3) is 1.95. The van der Waals surface area contributed by atoms with Crippen LogP contribution in [0.25, 0.3) is 16.9 Å². The molecule has 3 aromatic rings. The summed E-state index contributed by atoms with van der Waals surface area (Å²) in [6, 6.07) is 11.1. The highest BCUT2D eigenvalue weighted by Crippen LogP contribution is 2.17. The molecule has 19 heavy (non-hydrogen) atoms. The molecule has 2 N–H and O–H groups in total. The van der Waals surface area contributed by atoms with Crippen molar-refractivity contribution in [2.45, 2.75) is 6.92 Å². The molecule has 94 valence electrons. The van der Waals surface area contributed by atoms with Crippen LogP contribution in [0.2, 0.25) is 0 Å². The topological polar surface area (TPSA) is 73.8 Å². The lowest BCUT2D eigenvalue weighted by Gasteiger charge is -2.06. The molecule has 1 aromatic carbocycles. The molecule has 0 aliphatic rings. The molecule has 2 heterocycles. The minimum atomic E-state index is -0.462. The summed E-state index contributed by atoms with van der Waals surface area (Å²) < 4.78 is 1.84. The fraction of sp³-hybridized carbons (Fsp3) is 0.0714. The van der Waals surface area contributed by atoms with Gasteiger partial charge >= 0.3 is 0 Å². The van der Waals surface area contributed by atoms with Crippen molar-refractivity contribution in [3.63, 3.8) is 0 Å². The van der Waals surface area contributed by atoms with Crippen LogP contribution >= 0.6 is 0 Å². The van der Waals surface area contributed by atoms with Crippen LogP contribution in [0.15, 0.2) is 42.7 Å². The number of benzene rings is 1. The minimum absolute atomic E-state index is 0.445. The summed E-state index contributed by atoms with van der Waals surface area (Å²) in [7, 11) is 0. The fourth-order valence-corrected chi connectivity index (χ4v) is 2.06. The number of rotatable bonds is 2. The normalized spacial score (nSPS) is 10.8. The van der Waals surface area contributed by atoms with E-state index in [1.54, 1.807) is 18.5 Å². The molecule has 0 radical (unpaired) electrons. The van der Waals surface area contributed by atoms with Crippen LogP contribution in [0.5, 0.6) is 0 Å². The molecule has 0 spiro atoms. The first kappa shape index (κ1) is 11.4. The van der Waals surface area contributed by atoms with Crippen molar-refractivity contribution < 1.29 is 4.79 Å². The van der Waals surface area contributed by atoms with Gasteiger partial charge in [0.05, 0.1) is 11.0 Å². The Hall–Kier alpha value is -2.69. The Morgan fingerprint density at radius 2 is 2.05 bits per heavy atom. The number of imidazole rings is 1. The molecule has 0 fully saturated rings. The van der Waals surface area contributed by atoms with Crippen LogP contribution in [0.4, 0.5) is 0 Å². The first-order chi connectivity index (χ1) is 9.15. The Bertz CT molecular complexity index is 776. The molecule has 0 unspecified atom stereocenters. The number of fused-ring (bicyclic) bond motifs is 1. The van der Waals surface area contributed by atoms with Gasteiger partial charge in [-0.1, -0.05) is 12.1 Å². The zero-order valence-corrected chi connectivity index (χ0v) is 10.4. The van der Waals surface area contributed by atoms with Gasteiger partial charge in [0.1, 0.15) is 12.1 Å². The first-order valence-corrected chi connectivity index (χ1v) is 5.86. The number of nitrogens with two attached hydrogens (primary N) is 1. The van der Waals surface area contributed by atoms with Gasteiger partial charge in [0.2, 0.25) is 5.91 Å². The Kier molecular flexibility index (Phi) is 2.52. The standard InChI is InChI=1S/C14H12N4O/c1-9-6-10(14(15)19)7-13(17-9)18-8-16-11-4-2-3-5-12(11)18/h2-8H,1H3,(H2,15,19). The van der Waals surface area contributed by atoms with Crippen LogP contribution in [-0.2, 0) is 0 Å². The second-order valence-electron chi connectivity index (χ2n) is 4.32. The summed E-state index contributed by atoms with van der Waals surface area (Å²) in [5.41, 5.74) is 8.33. The van der Waals surface area contributed by atoms with E-state index in [4.69, 9.17) is 5.73 Å². The van der Waals surface area contributed by atoms with Crippen molar-refractivity contribution in [3.05, 3.63) is 54.0 Å². The van der Waals surface area contributed by atoms with E-state index in [0.29, 0.717) is 11.4 Å². The summed E-state index contributed by atoms with van der Waals surface area (Å²) in [6.45, 7) is 1.83. The third-order valence-corrected chi connectivity index (χ3v) is 2.92. The van der Waals surface area contributed by atoms with Gasteiger partial charge in [0.15, 0.2) is 0 Å². The number of carbonyl (C=O) groups is 1. The monoisotopic (exact) mass is 252 g/mol. The molecule has 2 aromatic heterocycles. The lowest BCUT2D eigenvalue weighted by molar-refractivity contribution is 0.1000. The van der Waals surface area contributed by atoms with E-state index in [1.165, 1.54) is 0 Å². The van der Waals surface area contributed by atoms with Crippen molar-refractivity contribution in [1.82, 2.24) is 14.5 Å². The highest BCUT2D eigenvalue weighted by atomic mass is 16.1. The fourth-order valence-electron chi connectivity index (χ4n) is 2.06. The number of pyridine rings is 1. The molecule has 1 amide bonds. The summed E-state index contributed by atoms with van der Waals surface area (Å²) in [4.78, 5) is 20.0. The maximum Gasteiger partial charge on any atom is 0.248 e. The van der Waals surface area contributed by atoms with Gasteiger partial charge in [0.25, 0.3) is 0 Å². The van der Waals surface area contributed by atoms with Gasteiger partial charge in [-0.15, -0.1) is 0 Å². The highest BCUT2D eigenvalue weighted by molar-refractivity contribution is 5.93. The highest BCUT2D eigenvalue weighted by Gasteiger charge is 2.09. The van der Waals surface area contributed by atoms with E-state index in [-0.39, 0.29) is 0 Å². The molecular weight excluding hydrogens is 240 g/mol. The predicted molar refractivity (Wildman–Crippen MR) is 72.1 cm³/mol. The van der Waals surface area contributed by atoms with Crippen LogP contribution in [0.1, 0.15) is 16.1 Å². The molecule has 5 heteroatoms. The Labute approximate surface area is 109 Å². The van der Waals surface area contributed by atoms with Crippen LogP contribution < -0.4 is 5.73 Å². The van der Waals surface area contributed by atoms with Crippen molar-refractivity contribution in [2.24, 2.45) is 5.73 Å². The number of primary amides is 1. The summed E-state index contributed by atoms with van der Waals surface area (Å²) in [5.74, 6) is 0.179. The zero-order chi connectivity index (χ0) is 13.4. The van der Waals surface area contributed by atoms with Gasteiger partial charge in [-0.3, -0.25) is 9.36 Å². The largest absolute Gasteiger partial charge is 0.366 e. The van der Waals surface area contributed by atoms with Gasteiger partial charge in [-0.2, -0.15) is 0 Å². The Morgan fingerprint density at radius 3 is 2.84 bits per heavy atom. The van der Waals surface area contributed by atoms with E-state index in [9.17, 15) is 4.79 Å². The van der Waals surface area contributed by atoms with Crippen LogP contribution in [-0.4, -0.2) is 20.4 Å². The van der Waals surface area contributed by atoms with Crippen LogP contribution in [0.3, 0.4) is 0 Å². The number of hydrogen-bond donors (Lipinski definition) is 1. The zero-order valence-electron chi connectivity index (χ0n) is 10.4. The molecule has 0 saturated carbocycles. The molecule has 3 rings (SSSR count). The molecule has 0 atom stereocenters. The first-order valence-electron chi connectivity index (χ1n) is 5.86. The lowest BCUT2D eigenvalue weighted by atomic mass is 10.2. The number of aryl methyl sites for hydroxylation is 1. The minimum Gasteiger partial charge on any atom is -0.366 e. The average molecular weight is 252 g/mol. The average Bonchev–Trinajstić information content (AvgIpc) is 2.81. The second kappa shape index (κ2) is 4.20. The maximum atomic E-state index is 11.3. The lowest BCUT2D eigenvalue weighted by Crippen LogP contribution is -2.12. The van der Waals surface area contributed by atoms with Gasteiger partial charge in [-0.25, -0.2) is 9.97 Å². The van der Waals surface area contributed by atoms with Crippen molar-refractivity contribution in [2.75, 3.05) is 0 Å². The van der Waals surface area contributed by atoms with E-state index in [0.717, 1.165) is 16.7 Å². The van der Waals surface area contributed by atoms with Crippen LogP contribution in [0, 0.1) is 6.92 Å². The molecule has 0 aliphatic carbocycles. The van der Waals surface area contributed by atoms with E-state index in [1.807, 2.05) is 35.8 Å². The number of para-hydroxylation sites is 2. The summed E-state index contributed by atoms with van der Waals surface area (Å²) in [6.07, 6.45) is 1.69. The van der Waals surface area contributed by atoms with Gasteiger partial charge in [0, 0.05) is 11.3 Å². The molecule has 0 bridgehead atoms. The number of nitrogens with zero attached hydrogens (tertiary/aromatic N) is 3. The van der Waals surface area contributed by atoms with Crippen molar-refractivity contribution in [3.8, 4) is 5.82 Å². The molecule has 0 saturated heterocycles. The Balaban J connectivity index is 2.24. The number of carbonyl (C=O) groups excluding carboxylic acids is 1. The van der Waals surface area contributed by atoms with Crippen molar-refractivity contribution in [1.29, 1.82) is 0 Å². The number of amides is 1.